The van der Waals surface area contributed by atoms with Crippen LogP contribution in [0, 0.1) is 24.2 Å². The summed E-state index contributed by atoms with van der Waals surface area (Å²) in [5.41, 5.74) is 7.71. The van der Waals surface area contributed by atoms with E-state index >= 15 is 0 Å². The zero-order valence-electron chi connectivity index (χ0n) is 49.2. The highest BCUT2D eigenvalue weighted by molar-refractivity contribution is 6.45. The normalized spacial score (nSPS) is 19.9. The first-order chi connectivity index (χ1) is 37.2. The molecule has 0 radical (unpaired) electrons. The molecular weight excluding hydrogens is 1040 g/mol. The van der Waals surface area contributed by atoms with Crippen LogP contribution >= 0.6 is 0 Å². The second-order valence-corrected chi connectivity index (χ2v) is 24.0. The number of nitrogens with zero attached hydrogens (tertiary/aromatic N) is 7. The number of carbonyl (C=O) groups excluding carboxylic acids is 8. The Kier molecular flexibility index (Phi) is 22.3. The summed E-state index contributed by atoms with van der Waals surface area (Å²) >= 11 is 0. The summed E-state index contributed by atoms with van der Waals surface area (Å²) in [5, 5.41) is 5.32. The van der Waals surface area contributed by atoms with Gasteiger partial charge in [-0.25, -0.2) is 29.3 Å². The van der Waals surface area contributed by atoms with Crippen LogP contribution in [0.15, 0.2) is 49.7 Å². The SMILES string of the molecule is Cc1c(CCB2O[C@@H]3C[C@@H]4C[C@@H](C4(C)C)[C@]3(C)O2)ccc(OC2CN(C(=O)C(NC(=O)OC(C)(C)C)c3cn(C)cn3)C2)c1C(=O)OC(C)(C)C.Cn1cnc(CN)c1.Cn1cnc(CNC(=O)OC(C)(C)C)c1.O=C=O.O=C=O. The van der Waals surface area contributed by atoms with E-state index in [2.05, 4.69) is 46.4 Å². The number of nitrogens with two attached hydrogens (primary N) is 1. The minimum absolute atomic E-state index is 0.120. The van der Waals surface area contributed by atoms with Gasteiger partial charge < -0.3 is 63.2 Å². The third-order valence-electron chi connectivity index (χ3n) is 13.7. The molecule has 5 fully saturated rings. The molecule has 5 atom stereocenters. The number of likely N-dealkylation sites (tertiary alicyclic amines) is 1. The predicted octanol–water partition coefficient (Wildman–Crippen LogP) is 5.97. The average molecular weight is 1120 g/mol. The Morgan fingerprint density at radius 3 is 1.81 bits per heavy atom. The van der Waals surface area contributed by atoms with Crippen molar-refractivity contribution in [2.24, 2.45) is 44.1 Å². The summed E-state index contributed by atoms with van der Waals surface area (Å²) in [4.78, 5) is 97.7. The molecule has 0 spiro atoms. The highest BCUT2D eigenvalue weighted by Crippen LogP contribution is 2.65. The molecule has 3 saturated carbocycles. The maximum atomic E-state index is 13.7. The van der Waals surface area contributed by atoms with Crippen molar-refractivity contribution in [2.75, 3.05) is 13.1 Å². The number of benzene rings is 1. The van der Waals surface area contributed by atoms with Crippen molar-refractivity contribution >= 4 is 43.5 Å². The number of esters is 1. The summed E-state index contributed by atoms with van der Waals surface area (Å²) < 4.78 is 41.3. The average Bonchev–Trinajstić information content (AvgIpc) is 4.13. The number of alkyl carbamates (subject to hydrolysis) is 2. The van der Waals surface area contributed by atoms with Crippen LogP contribution in [0.25, 0.3) is 0 Å². The van der Waals surface area contributed by atoms with Gasteiger partial charge in [-0.05, 0) is 136 Å². The second-order valence-electron chi connectivity index (χ2n) is 24.0. The van der Waals surface area contributed by atoms with Gasteiger partial charge in [0, 0.05) is 46.3 Å². The summed E-state index contributed by atoms with van der Waals surface area (Å²) in [6, 6.07) is 2.78. The molecule has 3 aliphatic carbocycles. The molecule has 2 bridgehead atoms. The lowest BCUT2D eigenvalue weighted by molar-refractivity contribution is -0.199. The Balaban J connectivity index is 0.000000386. The largest absolute Gasteiger partial charge is 0.486 e. The number of aromatic nitrogens is 6. The zero-order chi connectivity index (χ0) is 60.1. The third-order valence-corrected chi connectivity index (χ3v) is 13.7. The van der Waals surface area contributed by atoms with Crippen molar-refractivity contribution in [1.29, 1.82) is 0 Å². The van der Waals surface area contributed by atoms with Crippen LogP contribution in [0.4, 0.5) is 9.59 Å². The molecule has 3 amide bonds. The molecule has 9 rings (SSSR count). The van der Waals surface area contributed by atoms with Crippen LogP contribution in [0.1, 0.15) is 141 Å². The number of carbonyl (C=O) groups is 4. The van der Waals surface area contributed by atoms with Crippen LogP contribution < -0.4 is 21.1 Å². The molecule has 3 aromatic heterocycles. The number of amides is 3. The lowest BCUT2D eigenvalue weighted by Gasteiger charge is -2.64. The van der Waals surface area contributed by atoms with Gasteiger partial charge in [0.1, 0.15) is 34.2 Å². The van der Waals surface area contributed by atoms with E-state index < -0.39 is 41.0 Å². The molecule has 24 nitrogen and oxygen atoms in total. The number of aryl methyl sites for hydroxylation is 4. The fraction of sp³-hybridized carbons (Fsp3) is 0.618. The Morgan fingerprint density at radius 1 is 0.787 bits per heavy atom. The maximum absolute atomic E-state index is 13.7. The van der Waals surface area contributed by atoms with E-state index in [9.17, 15) is 19.2 Å². The first-order valence-electron chi connectivity index (χ1n) is 26.4. The van der Waals surface area contributed by atoms with Crippen LogP contribution in [-0.4, -0.2) is 125 Å². The zero-order valence-corrected chi connectivity index (χ0v) is 49.2. The number of hydrogen-bond donors (Lipinski definition) is 3. The monoisotopic (exact) mass is 1120 g/mol. The van der Waals surface area contributed by atoms with Gasteiger partial charge in [-0.1, -0.05) is 19.9 Å². The topological polar surface area (TPSA) is 299 Å². The Morgan fingerprint density at radius 2 is 1.32 bits per heavy atom. The van der Waals surface area contributed by atoms with Gasteiger partial charge in [0.25, 0.3) is 5.91 Å². The van der Waals surface area contributed by atoms with Gasteiger partial charge in [-0.2, -0.15) is 19.2 Å². The van der Waals surface area contributed by atoms with Crippen LogP contribution in [0.5, 0.6) is 5.75 Å². The quantitative estimate of drug-likeness (QED) is 0.0836. The molecule has 5 aliphatic rings. The molecule has 438 valence electrons. The van der Waals surface area contributed by atoms with Gasteiger partial charge in [0.05, 0.1) is 67.4 Å². The van der Waals surface area contributed by atoms with E-state index in [1.54, 1.807) is 62.5 Å². The number of rotatable bonds is 12. The number of nitrogens with one attached hydrogen (secondary N) is 2. The minimum Gasteiger partial charge on any atom is -0.486 e. The molecule has 1 aromatic carbocycles. The van der Waals surface area contributed by atoms with E-state index in [-0.39, 0.29) is 61.6 Å². The van der Waals surface area contributed by atoms with Crippen molar-refractivity contribution in [2.45, 2.75) is 169 Å². The third kappa shape index (κ3) is 18.5. The standard InChI is InChI=1S/C38H55BN4O8.C10H17N3O2.C5H9N3.2CO2/c1-22-23(14-15-39-50-29-17-24-16-28(37(24,8)9)38(29,10)51-39)12-13-27(30(22)33(45)48-35(2,3)4)47-25-18-43(19-25)32(44)31(26-20-42(11)21-40-26)41-34(46)49-36(5,6)7;1-10(2,3)15-9(14)11-5-8-6-13(4)7-12-8;1-8-3-5(2-6)7-4-8;2*2-1-3/h12-13,20-21,24-25,28-29,31H,14-19H2,1-11H3,(H,41,46);6-7H,5H2,1-4H3,(H,11,14);3-4H,2,6H2,1H3;;/t24-,28-,29+,31?,38-;;;;/m0..../s1. The van der Waals surface area contributed by atoms with Crippen molar-refractivity contribution in [3.05, 3.63) is 83.5 Å². The molecule has 2 saturated heterocycles. The first-order valence-corrected chi connectivity index (χ1v) is 26.4. The molecule has 80 heavy (non-hydrogen) atoms. The lowest BCUT2D eigenvalue weighted by Crippen LogP contribution is -2.65. The Bertz CT molecular complexity index is 2800. The van der Waals surface area contributed by atoms with Gasteiger partial charge in [0.15, 0.2) is 6.04 Å². The lowest BCUT2D eigenvalue weighted by atomic mass is 9.43. The number of hydrogen-bond acceptors (Lipinski definition) is 18. The first kappa shape index (κ1) is 65.4. The molecule has 2 aliphatic heterocycles. The van der Waals surface area contributed by atoms with Crippen molar-refractivity contribution < 1.29 is 66.6 Å². The van der Waals surface area contributed by atoms with Crippen LogP contribution in [-0.2, 0) is 88.1 Å². The van der Waals surface area contributed by atoms with Gasteiger partial charge in [0.2, 0.25) is 0 Å². The molecule has 4 aromatic rings. The molecule has 25 heteroatoms. The highest BCUT2D eigenvalue weighted by atomic mass is 16.7. The summed E-state index contributed by atoms with van der Waals surface area (Å²) in [6.45, 7) is 26.6. The minimum atomic E-state index is -1.03. The van der Waals surface area contributed by atoms with Gasteiger partial charge in [-0.15, -0.1) is 0 Å². The Labute approximate surface area is 468 Å². The summed E-state index contributed by atoms with van der Waals surface area (Å²) in [7, 11) is 5.30. The summed E-state index contributed by atoms with van der Waals surface area (Å²) in [6.07, 6.45) is 13.1. The van der Waals surface area contributed by atoms with Crippen molar-refractivity contribution in [1.82, 2.24) is 44.2 Å². The Hall–Kier alpha value is -7.17. The molecule has 5 heterocycles. The van der Waals surface area contributed by atoms with Gasteiger partial charge in [-0.3, -0.25) is 4.79 Å². The van der Waals surface area contributed by atoms with Gasteiger partial charge >= 0.3 is 37.6 Å². The predicted molar refractivity (Wildman–Crippen MR) is 289 cm³/mol. The fourth-order valence-electron chi connectivity index (χ4n) is 9.96. The second kappa shape index (κ2) is 27.3. The number of imidazole rings is 3. The smallest absolute Gasteiger partial charge is 0.457 e. The molecule has 1 unspecified atom stereocenters. The van der Waals surface area contributed by atoms with E-state index in [1.807, 2.05) is 96.2 Å². The van der Waals surface area contributed by atoms with E-state index in [4.69, 9.17) is 53.2 Å². The highest BCUT2D eigenvalue weighted by Gasteiger charge is 2.67. The van der Waals surface area contributed by atoms with E-state index in [0.717, 1.165) is 28.9 Å². The van der Waals surface area contributed by atoms with Crippen molar-refractivity contribution in [3.8, 4) is 5.75 Å². The number of ether oxygens (including phenoxy) is 4. The maximum Gasteiger partial charge on any atom is 0.457 e. The van der Waals surface area contributed by atoms with Crippen LogP contribution in [0.2, 0.25) is 6.32 Å². The molecular formula is C55H81BN10O14. The van der Waals surface area contributed by atoms with Crippen LogP contribution in [0.3, 0.4) is 0 Å². The fourth-order valence-corrected chi connectivity index (χ4v) is 9.96. The molecule has 4 N–H and O–H groups in total. The summed E-state index contributed by atoms with van der Waals surface area (Å²) in [5.74, 6) is 0.797. The van der Waals surface area contributed by atoms with Crippen molar-refractivity contribution in [3.63, 3.8) is 0 Å². The van der Waals surface area contributed by atoms with E-state index in [1.165, 1.54) is 6.42 Å². The van der Waals surface area contributed by atoms with E-state index in [0.29, 0.717) is 54.7 Å².